The number of rotatable bonds is 5. The van der Waals surface area contributed by atoms with E-state index in [2.05, 4.69) is 12.1 Å². The molecule has 0 spiro atoms. The highest BCUT2D eigenvalue weighted by molar-refractivity contribution is 5.93. The van der Waals surface area contributed by atoms with E-state index in [-0.39, 0.29) is 18.4 Å². The molecule has 0 saturated heterocycles. The van der Waals surface area contributed by atoms with Crippen LogP contribution in [-0.2, 0) is 9.53 Å². The molecule has 1 aliphatic rings. The van der Waals surface area contributed by atoms with Crippen molar-refractivity contribution in [3.63, 3.8) is 0 Å². The summed E-state index contributed by atoms with van der Waals surface area (Å²) in [6.45, 7) is 1.52. The summed E-state index contributed by atoms with van der Waals surface area (Å²) in [7, 11) is 0. The molecule has 28 heavy (non-hydrogen) atoms. The van der Waals surface area contributed by atoms with Crippen LogP contribution in [0.1, 0.15) is 24.0 Å². The third-order valence-corrected chi connectivity index (χ3v) is 5.02. The van der Waals surface area contributed by atoms with Crippen molar-refractivity contribution in [1.29, 1.82) is 0 Å². The fourth-order valence-corrected chi connectivity index (χ4v) is 3.62. The lowest BCUT2D eigenvalue weighted by Crippen LogP contribution is -2.44. The molecule has 1 heterocycles. The molecule has 4 rings (SSSR count). The van der Waals surface area contributed by atoms with Crippen LogP contribution >= 0.6 is 0 Å². The zero-order chi connectivity index (χ0) is 19.7. The molecule has 1 amide bonds. The molecule has 1 aromatic heterocycles. The average Bonchev–Trinajstić information content (AvgIpc) is 3.33. The van der Waals surface area contributed by atoms with E-state index in [0.29, 0.717) is 0 Å². The molecule has 0 unspecified atom stereocenters. The molecule has 0 fully saturated rings. The van der Waals surface area contributed by atoms with E-state index in [0.717, 1.165) is 27.2 Å². The highest BCUT2D eigenvalue weighted by Gasteiger charge is 2.33. The maximum atomic E-state index is 12.7. The molecule has 0 saturated carbocycles. The van der Waals surface area contributed by atoms with Crippen molar-refractivity contribution >= 4 is 17.9 Å². The van der Waals surface area contributed by atoms with Crippen molar-refractivity contribution in [2.75, 3.05) is 11.5 Å². The zero-order valence-corrected chi connectivity index (χ0v) is 15.2. The number of furan rings is 1. The molecule has 6 nitrogen and oxygen atoms in total. The van der Waals surface area contributed by atoms with Crippen molar-refractivity contribution in [2.24, 2.45) is 0 Å². The highest BCUT2D eigenvalue weighted by Crippen LogP contribution is 2.44. The number of hydrogen-bond acceptors (Lipinski definition) is 4. The van der Waals surface area contributed by atoms with Crippen LogP contribution in [0.25, 0.3) is 11.1 Å². The van der Waals surface area contributed by atoms with Crippen LogP contribution in [0.15, 0.2) is 71.3 Å². The lowest BCUT2D eigenvalue weighted by atomic mass is 9.98. The number of carboxylic acids is 1. The standard InChI is InChI=1S/C22H19NO5/c1-14(21(24)25)23(20-11-6-12-27-20)22(26)28-13-19-17-9-4-2-7-15(17)16-8-3-5-10-18(16)19/h2-12,14,19H,13H2,1H3,(H,24,25)/t14-/m0/s1. The number of carboxylic acid groups (broad SMARTS) is 1. The van der Waals surface area contributed by atoms with Gasteiger partial charge < -0.3 is 14.3 Å². The first-order valence-corrected chi connectivity index (χ1v) is 8.98. The monoisotopic (exact) mass is 377 g/mol. The van der Waals surface area contributed by atoms with Gasteiger partial charge in [-0.3, -0.25) is 0 Å². The predicted octanol–water partition coefficient (Wildman–Crippen LogP) is 4.51. The van der Waals surface area contributed by atoms with Gasteiger partial charge in [0.25, 0.3) is 0 Å². The summed E-state index contributed by atoms with van der Waals surface area (Å²) in [5.74, 6) is -1.12. The number of nitrogens with zero attached hydrogens (tertiary/aromatic N) is 1. The lowest BCUT2D eigenvalue weighted by molar-refractivity contribution is -0.138. The Labute approximate surface area is 162 Å². The summed E-state index contributed by atoms with van der Waals surface area (Å²) in [6.07, 6.45) is 0.625. The quantitative estimate of drug-likeness (QED) is 0.708. The molecule has 2 aromatic carbocycles. The van der Waals surface area contributed by atoms with Crippen molar-refractivity contribution < 1.29 is 23.8 Å². The average molecular weight is 377 g/mol. The van der Waals surface area contributed by atoms with Gasteiger partial charge in [-0.1, -0.05) is 48.5 Å². The largest absolute Gasteiger partial charge is 0.480 e. The molecule has 0 radical (unpaired) electrons. The molecule has 142 valence electrons. The number of aliphatic carboxylic acids is 1. The Hall–Kier alpha value is -3.54. The number of fused-ring (bicyclic) bond motifs is 3. The zero-order valence-electron chi connectivity index (χ0n) is 15.2. The summed E-state index contributed by atoms with van der Waals surface area (Å²) >= 11 is 0. The summed E-state index contributed by atoms with van der Waals surface area (Å²) in [4.78, 5) is 25.2. The molecular formula is C22H19NO5. The number of ether oxygens (including phenoxy) is 1. The minimum absolute atomic E-state index is 0.102. The topological polar surface area (TPSA) is 80.0 Å². The SMILES string of the molecule is C[C@@H](C(=O)O)N(C(=O)OCC1c2ccccc2-c2ccccc21)c1ccco1. The van der Waals surface area contributed by atoms with Crippen molar-refractivity contribution in [3.05, 3.63) is 78.1 Å². The van der Waals surface area contributed by atoms with Gasteiger partial charge in [-0.05, 0) is 35.2 Å². The Kier molecular flexibility index (Phi) is 4.61. The third-order valence-electron chi connectivity index (χ3n) is 5.02. The highest BCUT2D eigenvalue weighted by atomic mass is 16.6. The third kappa shape index (κ3) is 3.03. The molecule has 0 aliphatic heterocycles. The van der Waals surface area contributed by atoms with E-state index in [1.54, 1.807) is 6.07 Å². The van der Waals surface area contributed by atoms with Crippen LogP contribution in [0.5, 0.6) is 0 Å². The minimum Gasteiger partial charge on any atom is -0.480 e. The normalized spacial score (nSPS) is 13.5. The molecular weight excluding hydrogens is 358 g/mol. The van der Waals surface area contributed by atoms with Gasteiger partial charge in [0.15, 0.2) is 0 Å². The maximum absolute atomic E-state index is 12.7. The number of hydrogen-bond donors (Lipinski definition) is 1. The number of carbonyl (C=O) groups is 2. The van der Waals surface area contributed by atoms with E-state index in [9.17, 15) is 14.7 Å². The van der Waals surface area contributed by atoms with Gasteiger partial charge in [0, 0.05) is 12.0 Å². The van der Waals surface area contributed by atoms with Gasteiger partial charge >= 0.3 is 12.1 Å². The molecule has 3 aromatic rings. The van der Waals surface area contributed by atoms with Gasteiger partial charge in [0.2, 0.25) is 5.88 Å². The molecule has 0 bridgehead atoms. The Bertz CT molecular complexity index is 966. The van der Waals surface area contributed by atoms with Gasteiger partial charge in [-0.15, -0.1) is 0 Å². The number of benzene rings is 2. The van der Waals surface area contributed by atoms with Crippen molar-refractivity contribution in [1.82, 2.24) is 0 Å². The van der Waals surface area contributed by atoms with Crippen LogP contribution in [0, 0.1) is 0 Å². The number of anilines is 1. The Morgan fingerprint density at radius 1 is 1.04 bits per heavy atom. The number of carbonyl (C=O) groups excluding carboxylic acids is 1. The lowest BCUT2D eigenvalue weighted by Gasteiger charge is -2.24. The van der Waals surface area contributed by atoms with Crippen LogP contribution in [0.2, 0.25) is 0 Å². The Morgan fingerprint density at radius 3 is 2.18 bits per heavy atom. The van der Waals surface area contributed by atoms with Crippen LogP contribution < -0.4 is 4.90 Å². The smallest absolute Gasteiger partial charge is 0.417 e. The second-order valence-electron chi connectivity index (χ2n) is 6.64. The first-order valence-electron chi connectivity index (χ1n) is 8.98. The summed E-state index contributed by atoms with van der Waals surface area (Å²) in [5.41, 5.74) is 4.43. The van der Waals surface area contributed by atoms with E-state index >= 15 is 0 Å². The van der Waals surface area contributed by atoms with Gasteiger partial charge in [0.05, 0.1) is 6.26 Å². The van der Waals surface area contributed by atoms with Crippen LogP contribution in [0.4, 0.5) is 10.7 Å². The summed E-state index contributed by atoms with van der Waals surface area (Å²) in [6, 6.07) is 18.0. The maximum Gasteiger partial charge on any atom is 0.417 e. The van der Waals surface area contributed by atoms with Crippen molar-refractivity contribution in [2.45, 2.75) is 18.9 Å². The van der Waals surface area contributed by atoms with Gasteiger partial charge in [-0.25, -0.2) is 14.5 Å². The molecule has 1 N–H and O–H groups in total. The second-order valence-corrected chi connectivity index (χ2v) is 6.64. The van der Waals surface area contributed by atoms with Crippen LogP contribution in [-0.4, -0.2) is 29.8 Å². The molecule has 1 atom stereocenters. The summed E-state index contributed by atoms with van der Waals surface area (Å²) in [5, 5.41) is 9.35. The van der Waals surface area contributed by atoms with Gasteiger partial charge in [-0.2, -0.15) is 0 Å². The van der Waals surface area contributed by atoms with E-state index in [1.807, 2.05) is 36.4 Å². The fourth-order valence-electron chi connectivity index (χ4n) is 3.62. The fraction of sp³-hybridized carbons (Fsp3) is 0.182. The Balaban J connectivity index is 1.58. The predicted molar refractivity (Wildman–Crippen MR) is 103 cm³/mol. The first-order chi connectivity index (χ1) is 13.6. The van der Waals surface area contributed by atoms with E-state index < -0.39 is 18.1 Å². The van der Waals surface area contributed by atoms with E-state index in [4.69, 9.17) is 9.15 Å². The minimum atomic E-state index is -1.15. The second kappa shape index (κ2) is 7.23. The molecule has 1 aliphatic carbocycles. The number of amides is 1. The van der Waals surface area contributed by atoms with Crippen molar-refractivity contribution in [3.8, 4) is 11.1 Å². The first kappa shape index (κ1) is 17.9. The van der Waals surface area contributed by atoms with Gasteiger partial charge in [0.1, 0.15) is 12.6 Å². The summed E-state index contributed by atoms with van der Waals surface area (Å²) < 4.78 is 10.8. The Morgan fingerprint density at radius 2 is 1.64 bits per heavy atom. The molecule has 6 heteroatoms. The van der Waals surface area contributed by atoms with Crippen LogP contribution in [0.3, 0.4) is 0 Å². The van der Waals surface area contributed by atoms with E-state index in [1.165, 1.54) is 19.3 Å².